The number of amides is 1. The molecule has 1 fully saturated rings. The summed E-state index contributed by atoms with van der Waals surface area (Å²) in [5.41, 5.74) is 6.40. The molecular formula is C14H20ClN5O3S2. The number of rotatable bonds is 5. The summed E-state index contributed by atoms with van der Waals surface area (Å²) in [7, 11) is -3.65. The number of carbonyl (C=O) groups excluding carboxylic acids is 1. The Hall–Kier alpha value is -1.33. The van der Waals surface area contributed by atoms with E-state index in [0.717, 1.165) is 11.4 Å². The number of nitrogens with zero attached hydrogens (tertiary/aromatic N) is 4. The highest BCUT2D eigenvalue weighted by Gasteiger charge is 2.32. The number of halogens is 1. The maximum absolute atomic E-state index is 12.9. The molecule has 0 saturated carbocycles. The number of hydrogen-bond donors (Lipinski definition) is 1. The highest BCUT2D eigenvalue weighted by Crippen LogP contribution is 2.38. The number of sulfonamides is 1. The third kappa shape index (κ3) is 4.09. The second-order valence-corrected chi connectivity index (χ2v) is 8.00. The zero-order valence-electron chi connectivity index (χ0n) is 13.5. The number of nitrogens with two attached hydrogens (primary N) is 1. The number of hydrogen-bond acceptors (Lipinski definition) is 6. The van der Waals surface area contributed by atoms with Crippen LogP contribution < -0.4 is 5.73 Å². The van der Waals surface area contributed by atoms with Gasteiger partial charge in [-0.05, 0) is 25.1 Å². The van der Waals surface area contributed by atoms with Crippen molar-refractivity contribution in [3.05, 3.63) is 18.2 Å². The summed E-state index contributed by atoms with van der Waals surface area (Å²) >= 11 is 0.996. The van der Waals surface area contributed by atoms with Crippen LogP contribution in [-0.4, -0.2) is 56.3 Å². The number of piperazine rings is 1. The fourth-order valence-corrected chi connectivity index (χ4v) is 4.89. The molecule has 0 atom stereocenters. The summed E-state index contributed by atoms with van der Waals surface area (Å²) < 4.78 is 35.4. The summed E-state index contributed by atoms with van der Waals surface area (Å²) in [5.74, 6) is 0.0308. The normalized spacial score (nSPS) is 16.9. The van der Waals surface area contributed by atoms with E-state index in [2.05, 4.69) is 8.73 Å². The van der Waals surface area contributed by atoms with Crippen LogP contribution in [-0.2, 0) is 26.2 Å². The lowest BCUT2D eigenvalue weighted by Crippen LogP contribution is -2.50. The summed E-state index contributed by atoms with van der Waals surface area (Å²) in [6, 6.07) is 4.97. The van der Waals surface area contributed by atoms with E-state index < -0.39 is 10.0 Å². The van der Waals surface area contributed by atoms with Crippen LogP contribution in [0.1, 0.15) is 12.8 Å². The Bertz CT molecular complexity index is 816. The van der Waals surface area contributed by atoms with Crippen molar-refractivity contribution in [2.75, 3.05) is 32.7 Å². The van der Waals surface area contributed by atoms with E-state index in [1.54, 1.807) is 23.1 Å². The molecule has 1 aromatic rings. The highest BCUT2D eigenvalue weighted by atomic mass is 35.5. The van der Waals surface area contributed by atoms with E-state index in [-0.39, 0.29) is 36.3 Å². The lowest BCUT2D eigenvalue weighted by Gasteiger charge is -2.34. The maximum atomic E-state index is 12.9. The van der Waals surface area contributed by atoms with Gasteiger partial charge in [0.25, 0.3) is 0 Å². The van der Waals surface area contributed by atoms with Gasteiger partial charge in [0.1, 0.15) is 16.3 Å². The first-order chi connectivity index (χ1) is 11.5. The molecule has 25 heavy (non-hydrogen) atoms. The van der Waals surface area contributed by atoms with Crippen LogP contribution in [0.4, 0.5) is 11.4 Å². The van der Waals surface area contributed by atoms with Crippen molar-refractivity contribution in [3.63, 3.8) is 0 Å². The molecule has 0 aliphatic carbocycles. The number of fused-ring (bicyclic) bond motifs is 1. The van der Waals surface area contributed by atoms with E-state index in [4.69, 9.17) is 5.73 Å². The fraction of sp³-hybridized carbons (Fsp3) is 0.500. The van der Waals surface area contributed by atoms with Crippen molar-refractivity contribution in [2.24, 2.45) is 14.5 Å². The lowest BCUT2D eigenvalue weighted by molar-refractivity contribution is -0.132. The Kier molecular flexibility index (Phi) is 6.69. The predicted octanol–water partition coefficient (Wildman–Crippen LogP) is 1.41. The monoisotopic (exact) mass is 405 g/mol. The first-order valence-corrected chi connectivity index (χ1v) is 9.90. The third-order valence-corrected chi connectivity index (χ3v) is 6.53. The molecule has 138 valence electrons. The molecule has 0 aromatic heterocycles. The molecular weight excluding hydrogens is 386 g/mol. The first-order valence-electron chi connectivity index (χ1n) is 7.73. The quantitative estimate of drug-likeness (QED) is 0.810. The van der Waals surface area contributed by atoms with E-state index in [9.17, 15) is 13.2 Å². The first kappa shape index (κ1) is 20.0. The second kappa shape index (κ2) is 8.37. The molecule has 11 heteroatoms. The molecule has 2 aliphatic heterocycles. The average Bonchev–Trinajstić information content (AvgIpc) is 3.08. The molecule has 2 aliphatic rings. The molecule has 3 rings (SSSR count). The predicted molar refractivity (Wildman–Crippen MR) is 98.9 cm³/mol. The van der Waals surface area contributed by atoms with Crippen LogP contribution >= 0.6 is 12.4 Å². The number of carbonyl (C=O) groups is 1. The zero-order valence-corrected chi connectivity index (χ0v) is 15.9. The lowest BCUT2D eigenvalue weighted by atomic mass is 10.2. The van der Waals surface area contributed by atoms with Gasteiger partial charge >= 0.3 is 0 Å². The van der Waals surface area contributed by atoms with Crippen molar-refractivity contribution in [1.82, 2.24) is 9.21 Å². The largest absolute Gasteiger partial charge is 0.340 e. The van der Waals surface area contributed by atoms with Gasteiger partial charge in [-0.25, -0.2) is 8.42 Å². The van der Waals surface area contributed by atoms with Crippen LogP contribution in [0.15, 0.2) is 31.8 Å². The van der Waals surface area contributed by atoms with Gasteiger partial charge in [-0.3, -0.25) is 4.79 Å². The van der Waals surface area contributed by atoms with Crippen LogP contribution in [0.5, 0.6) is 0 Å². The van der Waals surface area contributed by atoms with Crippen molar-refractivity contribution in [1.29, 1.82) is 0 Å². The molecule has 0 spiro atoms. The third-order valence-electron chi connectivity index (χ3n) is 4.05. The van der Waals surface area contributed by atoms with E-state index in [1.807, 2.05) is 0 Å². The van der Waals surface area contributed by atoms with Gasteiger partial charge in [-0.2, -0.15) is 13.0 Å². The van der Waals surface area contributed by atoms with E-state index >= 15 is 0 Å². The van der Waals surface area contributed by atoms with Gasteiger partial charge in [0, 0.05) is 32.6 Å². The average molecular weight is 406 g/mol. The van der Waals surface area contributed by atoms with Gasteiger partial charge in [-0.1, -0.05) is 6.07 Å². The van der Waals surface area contributed by atoms with Gasteiger partial charge in [0.2, 0.25) is 15.9 Å². The zero-order chi connectivity index (χ0) is 17.2. The molecule has 2 heterocycles. The van der Waals surface area contributed by atoms with Crippen molar-refractivity contribution >= 4 is 51.1 Å². The Morgan fingerprint density at radius 2 is 1.92 bits per heavy atom. The summed E-state index contributed by atoms with van der Waals surface area (Å²) in [4.78, 5) is 13.9. The Morgan fingerprint density at radius 1 is 1.20 bits per heavy atom. The van der Waals surface area contributed by atoms with Crippen LogP contribution in [0.2, 0.25) is 0 Å². The number of benzene rings is 1. The Labute approximate surface area is 156 Å². The van der Waals surface area contributed by atoms with E-state index in [1.165, 1.54) is 4.31 Å². The van der Waals surface area contributed by atoms with Crippen LogP contribution in [0.3, 0.4) is 0 Å². The minimum absolute atomic E-state index is 0. The standard InChI is InChI=1S/C14H19N5O3S2.ClH/c15-6-2-5-13(20)18-7-9-19(10-8-18)24(21,22)12-4-1-3-11-14(12)17-23-16-11;/h1,3-4H,2,5-10,15H2;1H. The molecule has 1 amide bonds. The smallest absolute Gasteiger partial charge is 0.245 e. The minimum Gasteiger partial charge on any atom is -0.340 e. The molecule has 1 saturated heterocycles. The summed E-state index contributed by atoms with van der Waals surface area (Å²) in [5, 5.41) is 0. The van der Waals surface area contributed by atoms with Crippen LogP contribution in [0, 0.1) is 0 Å². The van der Waals surface area contributed by atoms with Crippen molar-refractivity contribution < 1.29 is 13.2 Å². The van der Waals surface area contributed by atoms with Gasteiger partial charge < -0.3 is 10.6 Å². The van der Waals surface area contributed by atoms with Gasteiger partial charge in [0.05, 0.1) is 11.4 Å². The second-order valence-electron chi connectivity index (χ2n) is 5.57. The van der Waals surface area contributed by atoms with Crippen molar-refractivity contribution in [3.8, 4) is 0 Å². The van der Waals surface area contributed by atoms with Gasteiger partial charge in [0.15, 0.2) is 0 Å². The molecule has 0 radical (unpaired) electrons. The summed E-state index contributed by atoms with van der Waals surface area (Å²) in [6.45, 7) is 1.84. The molecule has 0 unspecified atom stereocenters. The van der Waals surface area contributed by atoms with Crippen LogP contribution in [0.25, 0.3) is 0 Å². The Morgan fingerprint density at radius 3 is 2.60 bits per heavy atom. The fourth-order valence-electron chi connectivity index (χ4n) is 2.72. The molecule has 1 aromatic carbocycles. The summed E-state index contributed by atoms with van der Waals surface area (Å²) in [6.07, 6.45) is 1.06. The molecule has 0 bridgehead atoms. The topological polar surface area (TPSA) is 108 Å². The Balaban J connectivity index is 0.00000225. The minimum atomic E-state index is -3.65. The maximum Gasteiger partial charge on any atom is 0.245 e. The highest BCUT2D eigenvalue weighted by molar-refractivity contribution is 7.89. The van der Waals surface area contributed by atoms with E-state index in [0.29, 0.717) is 43.9 Å². The van der Waals surface area contributed by atoms with Gasteiger partial charge in [-0.15, -0.1) is 12.4 Å². The molecule has 2 N–H and O–H groups in total. The SMILES string of the molecule is Cl.NCCCC(=O)N1CCN(S(=O)(=O)c2cccc3c2N=S=N3)CC1. The van der Waals surface area contributed by atoms with Crippen molar-refractivity contribution in [2.45, 2.75) is 17.7 Å². The molecule has 8 nitrogen and oxygen atoms in total.